The summed E-state index contributed by atoms with van der Waals surface area (Å²) in [7, 11) is 0. The maximum absolute atomic E-state index is 13.6. The van der Waals surface area contributed by atoms with Gasteiger partial charge in [0.2, 0.25) is 0 Å². The molecule has 0 spiro atoms. The first-order valence-electron chi connectivity index (χ1n) is 4.96. The monoisotopic (exact) mass is 193 g/mol. The van der Waals surface area contributed by atoms with E-state index in [9.17, 15) is 4.39 Å². The third kappa shape index (κ3) is 1.25. The van der Waals surface area contributed by atoms with Gasteiger partial charge in [-0.2, -0.15) is 0 Å². The first-order valence-corrected chi connectivity index (χ1v) is 4.96. The Morgan fingerprint density at radius 2 is 1.93 bits per heavy atom. The van der Waals surface area contributed by atoms with E-state index in [2.05, 4.69) is 13.8 Å². The smallest absolute Gasteiger partial charge is 0.127 e. The Bertz CT molecular complexity index is 371. The number of aryl methyl sites for hydroxylation is 1. The minimum absolute atomic E-state index is 0.0517. The molecule has 1 aromatic rings. The molecule has 0 aromatic heterocycles. The van der Waals surface area contributed by atoms with Gasteiger partial charge in [0.25, 0.3) is 0 Å². The van der Waals surface area contributed by atoms with Crippen LogP contribution in [0.3, 0.4) is 0 Å². The van der Waals surface area contributed by atoms with Crippen molar-refractivity contribution in [3.05, 3.63) is 35.1 Å². The number of benzene rings is 1. The van der Waals surface area contributed by atoms with Crippen molar-refractivity contribution in [2.45, 2.75) is 32.7 Å². The van der Waals surface area contributed by atoms with Crippen LogP contribution in [-0.2, 0) is 0 Å². The zero-order valence-corrected chi connectivity index (χ0v) is 8.84. The van der Waals surface area contributed by atoms with Gasteiger partial charge in [-0.1, -0.05) is 26.0 Å². The molecular formula is C12H16FN. The Kier molecular flexibility index (Phi) is 1.93. The minimum atomic E-state index is -0.115. The van der Waals surface area contributed by atoms with Crippen molar-refractivity contribution in [3.8, 4) is 0 Å². The SMILES string of the molecule is Cc1ccc(C2C(N)C2(C)C)c(F)c1. The van der Waals surface area contributed by atoms with E-state index in [1.54, 1.807) is 6.07 Å². The molecule has 0 bridgehead atoms. The van der Waals surface area contributed by atoms with Crippen molar-refractivity contribution < 1.29 is 4.39 Å². The summed E-state index contributed by atoms with van der Waals surface area (Å²) in [6, 6.07) is 5.49. The highest BCUT2D eigenvalue weighted by atomic mass is 19.1. The van der Waals surface area contributed by atoms with Gasteiger partial charge in [0.05, 0.1) is 0 Å². The molecule has 1 fully saturated rings. The van der Waals surface area contributed by atoms with E-state index in [0.29, 0.717) is 0 Å². The van der Waals surface area contributed by atoms with E-state index < -0.39 is 0 Å². The van der Waals surface area contributed by atoms with Crippen LogP contribution < -0.4 is 5.73 Å². The lowest BCUT2D eigenvalue weighted by atomic mass is 10.0. The van der Waals surface area contributed by atoms with E-state index in [1.807, 2.05) is 19.1 Å². The summed E-state index contributed by atoms with van der Waals surface area (Å²) in [6.07, 6.45) is 0. The van der Waals surface area contributed by atoms with Crippen LogP contribution in [0.5, 0.6) is 0 Å². The molecule has 0 heterocycles. The lowest BCUT2D eigenvalue weighted by Gasteiger charge is -2.05. The van der Waals surface area contributed by atoms with E-state index in [0.717, 1.165) is 11.1 Å². The second-order valence-corrected chi connectivity index (χ2v) is 4.85. The summed E-state index contributed by atoms with van der Waals surface area (Å²) in [6.45, 7) is 6.06. The third-order valence-corrected chi connectivity index (χ3v) is 3.40. The first kappa shape index (κ1) is 9.66. The topological polar surface area (TPSA) is 26.0 Å². The van der Waals surface area contributed by atoms with Crippen molar-refractivity contribution in [2.24, 2.45) is 11.1 Å². The molecule has 2 atom stereocenters. The Balaban J connectivity index is 2.36. The largest absolute Gasteiger partial charge is 0.327 e. The highest BCUT2D eigenvalue weighted by Crippen LogP contribution is 2.57. The normalized spacial score (nSPS) is 28.9. The Labute approximate surface area is 84.1 Å². The van der Waals surface area contributed by atoms with Crippen LogP contribution in [0.1, 0.15) is 30.9 Å². The Morgan fingerprint density at radius 1 is 1.36 bits per heavy atom. The van der Waals surface area contributed by atoms with Gasteiger partial charge >= 0.3 is 0 Å². The molecule has 2 unspecified atom stereocenters. The molecule has 0 aliphatic heterocycles. The highest BCUT2D eigenvalue weighted by Gasteiger charge is 2.56. The van der Waals surface area contributed by atoms with Crippen molar-refractivity contribution in [3.63, 3.8) is 0 Å². The summed E-state index contributed by atoms with van der Waals surface area (Å²) in [5, 5.41) is 0. The van der Waals surface area contributed by atoms with Gasteiger partial charge in [0.15, 0.2) is 0 Å². The van der Waals surface area contributed by atoms with Crippen LogP contribution in [0.25, 0.3) is 0 Å². The molecule has 1 aromatic carbocycles. The average molecular weight is 193 g/mol. The zero-order valence-electron chi connectivity index (χ0n) is 8.84. The number of hydrogen-bond donors (Lipinski definition) is 1. The van der Waals surface area contributed by atoms with E-state index >= 15 is 0 Å². The highest BCUT2D eigenvalue weighted by molar-refractivity contribution is 5.36. The lowest BCUT2D eigenvalue weighted by Crippen LogP contribution is -2.06. The number of nitrogens with two attached hydrogens (primary N) is 1. The second-order valence-electron chi connectivity index (χ2n) is 4.85. The van der Waals surface area contributed by atoms with Crippen molar-refractivity contribution in [1.29, 1.82) is 0 Å². The lowest BCUT2D eigenvalue weighted by molar-refractivity contribution is 0.570. The fourth-order valence-corrected chi connectivity index (χ4v) is 2.16. The fraction of sp³-hybridized carbons (Fsp3) is 0.500. The van der Waals surface area contributed by atoms with Gasteiger partial charge in [-0.25, -0.2) is 4.39 Å². The molecule has 1 nitrogen and oxygen atoms in total. The van der Waals surface area contributed by atoms with Crippen molar-refractivity contribution in [2.75, 3.05) is 0 Å². The van der Waals surface area contributed by atoms with E-state index in [4.69, 9.17) is 5.73 Å². The van der Waals surface area contributed by atoms with Crippen molar-refractivity contribution in [1.82, 2.24) is 0 Å². The Hall–Kier alpha value is -0.890. The molecule has 0 radical (unpaired) electrons. The molecule has 76 valence electrons. The van der Waals surface area contributed by atoms with E-state index in [1.165, 1.54) is 0 Å². The molecular weight excluding hydrogens is 177 g/mol. The van der Waals surface area contributed by atoms with Crippen LogP contribution in [0, 0.1) is 18.2 Å². The van der Waals surface area contributed by atoms with Crippen LogP contribution in [0.4, 0.5) is 4.39 Å². The number of hydrogen-bond acceptors (Lipinski definition) is 1. The summed E-state index contributed by atoms with van der Waals surface area (Å²) in [4.78, 5) is 0. The quantitative estimate of drug-likeness (QED) is 0.729. The predicted octanol–water partition coefficient (Wildman–Crippen LogP) is 2.58. The van der Waals surface area contributed by atoms with Crippen LogP contribution in [0.15, 0.2) is 18.2 Å². The van der Waals surface area contributed by atoms with Crippen LogP contribution in [0.2, 0.25) is 0 Å². The maximum Gasteiger partial charge on any atom is 0.127 e. The molecule has 2 rings (SSSR count). The van der Waals surface area contributed by atoms with Gasteiger partial charge in [-0.15, -0.1) is 0 Å². The standard InChI is InChI=1S/C12H16FN/c1-7-4-5-8(9(13)6-7)10-11(14)12(10,2)3/h4-6,10-11H,14H2,1-3H3. The molecule has 0 amide bonds. The second kappa shape index (κ2) is 2.80. The molecule has 2 heteroatoms. The maximum atomic E-state index is 13.6. The first-order chi connectivity index (χ1) is 6.44. The van der Waals surface area contributed by atoms with Gasteiger partial charge in [0, 0.05) is 12.0 Å². The van der Waals surface area contributed by atoms with Crippen molar-refractivity contribution >= 4 is 0 Å². The van der Waals surface area contributed by atoms with Gasteiger partial charge in [-0.05, 0) is 29.5 Å². The molecule has 1 aliphatic carbocycles. The average Bonchev–Trinajstić information content (AvgIpc) is 2.54. The van der Waals surface area contributed by atoms with Crippen LogP contribution in [-0.4, -0.2) is 6.04 Å². The summed E-state index contributed by atoms with van der Waals surface area (Å²) < 4.78 is 13.6. The number of rotatable bonds is 1. The molecule has 0 saturated heterocycles. The third-order valence-electron chi connectivity index (χ3n) is 3.40. The molecule has 1 saturated carbocycles. The Morgan fingerprint density at radius 3 is 2.36 bits per heavy atom. The van der Waals surface area contributed by atoms with E-state index in [-0.39, 0.29) is 23.2 Å². The minimum Gasteiger partial charge on any atom is -0.327 e. The summed E-state index contributed by atoms with van der Waals surface area (Å²) in [5.74, 6) is 0.0686. The predicted molar refractivity (Wildman–Crippen MR) is 55.6 cm³/mol. The molecule has 14 heavy (non-hydrogen) atoms. The summed E-state index contributed by atoms with van der Waals surface area (Å²) in [5.41, 5.74) is 7.70. The van der Waals surface area contributed by atoms with Gasteiger partial charge in [-0.3, -0.25) is 0 Å². The molecule has 2 N–H and O–H groups in total. The number of halogens is 1. The van der Waals surface area contributed by atoms with Crippen LogP contribution >= 0.6 is 0 Å². The van der Waals surface area contributed by atoms with Gasteiger partial charge < -0.3 is 5.73 Å². The summed E-state index contributed by atoms with van der Waals surface area (Å²) >= 11 is 0. The fourth-order valence-electron chi connectivity index (χ4n) is 2.16. The van der Waals surface area contributed by atoms with Gasteiger partial charge in [0.1, 0.15) is 5.82 Å². The molecule has 1 aliphatic rings. The zero-order chi connectivity index (χ0) is 10.5.